The highest BCUT2D eigenvalue weighted by Crippen LogP contribution is 2.49. The van der Waals surface area contributed by atoms with Crippen molar-refractivity contribution in [1.29, 1.82) is 0 Å². The molecule has 0 saturated carbocycles. The van der Waals surface area contributed by atoms with Gasteiger partial charge in [0.2, 0.25) is 0 Å². The van der Waals surface area contributed by atoms with Crippen LogP contribution in [0.3, 0.4) is 0 Å². The van der Waals surface area contributed by atoms with Crippen molar-refractivity contribution in [3.63, 3.8) is 0 Å². The number of nitrogens with zero attached hydrogens (tertiary/aromatic N) is 4. The number of rotatable bonds is 12. The van der Waals surface area contributed by atoms with Crippen LogP contribution in [0.2, 0.25) is 0 Å². The van der Waals surface area contributed by atoms with Crippen molar-refractivity contribution >= 4 is 40.2 Å². The first kappa shape index (κ1) is 32.5. The third-order valence-electron chi connectivity index (χ3n) is 8.70. The van der Waals surface area contributed by atoms with Crippen LogP contribution in [-0.4, -0.2) is 59.9 Å². The minimum absolute atomic E-state index is 0.800. The van der Waals surface area contributed by atoms with E-state index in [1.165, 1.54) is 43.6 Å². The molecular weight excluding hydrogens is 601 g/mol. The van der Waals surface area contributed by atoms with Gasteiger partial charge in [-0.1, -0.05) is 67.2 Å². The maximum absolute atomic E-state index is 5.73. The Labute approximate surface area is 283 Å². The van der Waals surface area contributed by atoms with Gasteiger partial charge in [0.25, 0.3) is 5.82 Å². The first-order valence-electron chi connectivity index (χ1n) is 16.3. The van der Waals surface area contributed by atoms with Crippen LogP contribution in [0.1, 0.15) is 25.3 Å². The Morgan fingerprint density at radius 3 is 2.23 bits per heavy atom. The van der Waals surface area contributed by atoms with Crippen LogP contribution in [0.25, 0.3) is 33.8 Å². The van der Waals surface area contributed by atoms with E-state index in [0.29, 0.717) is 0 Å². The molecule has 1 aliphatic heterocycles. The van der Waals surface area contributed by atoms with E-state index in [1.807, 2.05) is 18.2 Å². The van der Waals surface area contributed by atoms with Crippen LogP contribution < -0.4 is 23.8 Å². The number of methoxy groups -OCH3 is 2. The Bertz CT molecular complexity index is 1870. The van der Waals surface area contributed by atoms with Crippen molar-refractivity contribution in [2.75, 3.05) is 64.8 Å². The third kappa shape index (κ3) is 6.69. The molecule has 47 heavy (non-hydrogen) atoms. The van der Waals surface area contributed by atoms with Gasteiger partial charge in [-0.15, -0.1) is 0 Å². The zero-order valence-corrected chi connectivity index (χ0v) is 29.2. The quantitative estimate of drug-likeness (QED) is 0.127. The van der Waals surface area contributed by atoms with Crippen LogP contribution in [0.5, 0.6) is 11.5 Å². The molecule has 242 valence electrons. The van der Waals surface area contributed by atoms with Gasteiger partial charge in [-0.25, -0.2) is 0 Å². The van der Waals surface area contributed by atoms with Crippen LogP contribution in [-0.2, 0) is 0 Å². The van der Waals surface area contributed by atoms with Gasteiger partial charge in [-0.2, -0.15) is 4.57 Å². The SMILES string of the molecule is CCCN(CCCN(C)C)c1cc(C=C2Sc3cc(-c4c(OC)cccc4OC)ccc3N2C)c2ccccc2[n+]1-c1ccccc1. The van der Waals surface area contributed by atoms with Crippen molar-refractivity contribution in [2.24, 2.45) is 0 Å². The average molecular weight is 646 g/mol. The highest BCUT2D eigenvalue weighted by molar-refractivity contribution is 8.03. The number of para-hydroxylation sites is 2. The summed E-state index contributed by atoms with van der Waals surface area (Å²) in [6, 6.07) is 34.5. The Morgan fingerprint density at radius 1 is 0.809 bits per heavy atom. The molecule has 1 aliphatic rings. The second-order valence-corrected chi connectivity index (χ2v) is 13.2. The van der Waals surface area contributed by atoms with Crippen molar-refractivity contribution in [2.45, 2.75) is 24.7 Å². The molecule has 5 aromatic rings. The number of pyridine rings is 1. The first-order valence-corrected chi connectivity index (χ1v) is 17.2. The minimum Gasteiger partial charge on any atom is -0.496 e. The fraction of sp³-hybridized carbons (Fsp3) is 0.275. The van der Waals surface area contributed by atoms with Crippen molar-refractivity contribution in [3.8, 4) is 28.3 Å². The standard InChI is InChI=1S/C40H45N4O2S/c1-7-23-43(25-14-24-41(2)3)38-27-30(32-17-11-12-18-33(32)44(38)31-15-9-8-10-16-31)28-39-42(4)34-22-21-29(26-37(34)47-39)40-35(45-5)19-13-20-36(40)46-6/h8-13,15-22,26-28H,7,14,23-25H2,1-6H3/q+1. The molecule has 1 aromatic heterocycles. The Hall–Kier alpha value is -4.46. The number of anilines is 2. The van der Waals surface area contributed by atoms with Crippen molar-refractivity contribution in [3.05, 3.63) is 108 Å². The summed E-state index contributed by atoms with van der Waals surface area (Å²) in [4.78, 5) is 8.35. The number of fused-ring (bicyclic) bond motifs is 2. The van der Waals surface area contributed by atoms with E-state index in [4.69, 9.17) is 9.47 Å². The normalized spacial score (nSPS) is 13.4. The third-order valence-corrected chi connectivity index (χ3v) is 9.84. The Balaban J connectivity index is 1.46. The monoisotopic (exact) mass is 645 g/mol. The fourth-order valence-corrected chi connectivity index (χ4v) is 7.57. The van der Waals surface area contributed by atoms with Gasteiger partial charge >= 0.3 is 0 Å². The lowest BCUT2D eigenvalue weighted by atomic mass is 10.0. The maximum atomic E-state index is 5.73. The van der Waals surface area contributed by atoms with E-state index in [1.54, 1.807) is 26.0 Å². The predicted octanol–water partition coefficient (Wildman–Crippen LogP) is 8.51. The molecule has 0 saturated heterocycles. The summed E-state index contributed by atoms with van der Waals surface area (Å²) in [6.07, 6.45) is 4.53. The molecule has 0 spiro atoms. The maximum Gasteiger partial charge on any atom is 0.282 e. The van der Waals surface area contributed by atoms with Gasteiger partial charge in [-0.3, -0.25) is 4.90 Å². The van der Waals surface area contributed by atoms with Gasteiger partial charge in [-0.05, 0) is 86.6 Å². The molecule has 2 heterocycles. The van der Waals surface area contributed by atoms with Crippen LogP contribution in [0, 0.1) is 0 Å². The second kappa shape index (κ2) is 14.5. The fourth-order valence-electron chi connectivity index (χ4n) is 6.43. The van der Waals surface area contributed by atoms with Crippen LogP contribution in [0.15, 0.2) is 107 Å². The largest absolute Gasteiger partial charge is 0.496 e. The van der Waals surface area contributed by atoms with Gasteiger partial charge < -0.3 is 19.3 Å². The molecule has 0 amide bonds. The molecule has 7 heteroatoms. The molecule has 0 fully saturated rings. The summed E-state index contributed by atoms with van der Waals surface area (Å²) in [5.41, 5.74) is 6.82. The summed E-state index contributed by atoms with van der Waals surface area (Å²) in [5, 5.41) is 2.41. The first-order chi connectivity index (χ1) is 22.9. The van der Waals surface area contributed by atoms with E-state index in [0.717, 1.165) is 55.1 Å². The molecular formula is C40H45N4O2S+. The number of thioether (sulfide) groups is 1. The molecule has 4 aromatic carbocycles. The van der Waals surface area contributed by atoms with Gasteiger partial charge in [0.05, 0.1) is 43.6 Å². The summed E-state index contributed by atoms with van der Waals surface area (Å²) < 4.78 is 13.9. The minimum atomic E-state index is 0.800. The number of aromatic nitrogens is 1. The lowest BCUT2D eigenvalue weighted by Gasteiger charge is -2.22. The number of ether oxygens (including phenoxy) is 2. The highest BCUT2D eigenvalue weighted by atomic mass is 32.2. The zero-order chi connectivity index (χ0) is 32.9. The molecule has 0 atom stereocenters. The summed E-state index contributed by atoms with van der Waals surface area (Å²) in [5.74, 6) is 2.82. The number of hydrogen-bond donors (Lipinski definition) is 0. The van der Waals surface area contributed by atoms with Gasteiger partial charge in [0.1, 0.15) is 22.7 Å². The molecule has 0 unspecified atom stereocenters. The molecule has 0 radical (unpaired) electrons. The van der Waals surface area contributed by atoms with Crippen LogP contribution >= 0.6 is 11.8 Å². The predicted molar refractivity (Wildman–Crippen MR) is 198 cm³/mol. The number of benzene rings is 4. The van der Waals surface area contributed by atoms with Gasteiger partial charge in [0.15, 0.2) is 0 Å². The molecule has 0 N–H and O–H groups in total. The summed E-state index contributed by atoms with van der Waals surface area (Å²) in [7, 11) is 9.88. The lowest BCUT2D eigenvalue weighted by Crippen LogP contribution is -2.42. The van der Waals surface area contributed by atoms with Crippen molar-refractivity contribution < 1.29 is 14.0 Å². The zero-order valence-electron chi connectivity index (χ0n) is 28.4. The molecule has 6 nitrogen and oxygen atoms in total. The highest BCUT2D eigenvalue weighted by Gasteiger charge is 2.27. The number of hydrogen-bond acceptors (Lipinski definition) is 6. The van der Waals surface area contributed by atoms with Crippen LogP contribution in [0.4, 0.5) is 11.5 Å². The average Bonchev–Trinajstić information content (AvgIpc) is 3.41. The van der Waals surface area contributed by atoms with Crippen molar-refractivity contribution in [1.82, 2.24) is 4.90 Å². The van der Waals surface area contributed by atoms with E-state index < -0.39 is 0 Å². The van der Waals surface area contributed by atoms with Gasteiger partial charge in [0, 0.05) is 29.9 Å². The molecule has 0 aliphatic carbocycles. The summed E-state index contributed by atoms with van der Waals surface area (Å²) in [6.45, 7) is 5.30. The Morgan fingerprint density at radius 2 is 1.53 bits per heavy atom. The van der Waals surface area contributed by atoms with E-state index >= 15 is 0 Å². The Kier molecular flexibility index (Phi) is 10.0. The smallest absolute Gasteiger partial charge is 0.282 e. The van der Waals surface area contributed by atoms with E-state index in [-0.39, 0.29) is 0 Å². The molecule has 0 bridgehead atoms. The van der Waals surface area contributed by atoms with E-state index in [9.17, 15) is 0 Å². The summed E-state index contributed by atoms with van der Waals surface area (Å²) >= 11 is 1.81. The second-order valence-electron chi connectivity index (χ2n) is 12.2. The topological polar surface area (TPSA) is 32.1 Å². The van der Waals surface area contributed by atoms with E-state index in [2.05, 4.69) is 132 Å². The molecule has 6 rings (SSSR count). The lowest BCUT2D eigenvalue weighted by molar-refractivity contribution is -0.553.